The number of ketones is 1. The predicted octanol–water partition coefficient (Wildman–Crippen LogP) is 3.58. The summed E-state index contributed by atoms with van der Waals surface area (Å²) in [4.78, 5) is 12.2. The van der Waals surface area contributed by atoms with Gasteiger partial charge in [-0.2, -0.15) is 13.2 Å². The first-order valence-corrected chi connectivity index (χ1v) is 7.29. The van der Waals surface area contributed by atoms with Crippen molar-refractivity contribution in [3.63, 3.8) is 0 Å². The Labute approximate surface area is 122 Å². The van der Waals surface area contributed by atoms with E-state index in [2.05, 4.69) is 0 Å². The molecule has 0 spiro atoms. The third-order valence-corrected chi connectivity index (χ3v) is 4.30. The van der Waals surface area contributed by atoms with E-state index in [9.17, 15) is 18.0 Å². The molecule has 1 aromatic rings. The van der Waals surface area contributed by atoms with Gasteiger partial charge in [-0.3, -0.25) is 4.79 Å². The molecule has 0 atom stereocenters. The van der Waals surface area contributed by atoms with E-state index in [1.165, 1.54) is 12.1 Å². The highest BCUT2D eigenvalue weighted by molar-refractivity contribution is 5.83. The Kier molecular flexibility index (Phi) is 5.04. The number of halogens is 3. The van der Waals surface area contributed by atoms with Crippen LogP contribution in [0.1, 0.15) is 36.8 Å². The van der Waals surface area contributed by atoms with Crippen molar-refractivity contribution in [1.29, 1.82) is 0 Å². The Bertz CT molecular complexity index is 473. The zero-order valence-electron chi connectivity index (χ0n) is 11.8. The van der Waals surface area contributed by atoms with Gasteiger partial charge in [0, 0.05) is 12.3 Å². The molecule has 0 radical (unpaired) electrons. The van der Waals surface area contributed by atoms with Crippen LogP contribution < -0.4 is 5.73 Å². The molecule has 0 heterocycles. The first-order valence-electron chi connectivity index (χ1n) is 7.29. The minimum Gasteiger partial charge on any atom is -0.330 e. The molecule has 0 unspecified atom stereocenters. The quantitative estimate of drug-likeness (QED) is 0.923. The van der Waals surface area contributed by atoms with E-state index in [1.54, 1.807) is 0 Å². The molecule has 1 fully saturated rings. The molecule has 0 saturated heterocycles. The number of Topliss-reactive ketones (excluding diaryl/α,β-unsaturated/α-hetero) is 1. The third-order valence-electron chi connectivity index (χ3n) is 4.30. The summed E-state index contributed by atoms with van der Waals surface area (Å²) in [6.45, 7) is 0.666. The lowest BCUT2D eigenvalue weighted by Gasteiger charge is -2.26. The van der Waals surface area contributed by atoms with Crippen molar-refractivity contribution in [2.24, 2.45) is 17.6 Å². The number of alkyl halides is 3. The van der Waals surface area contributed by atoms with Crippen molar-refractivity contribution < 1.29 is 18.0 Å². The highest BCUT2D eigenvalue weighted by atomic mass is 19.4. The number of hydrogen-bond donors (Lipinski definition) is 1. The lowest BCUT2D eigenvalue weighted by atomic mass is 9.79. The molecule has 2 N–H and O–H groups in total. The molecular weight excluding hydrogens is 279 g/mol. The van der Waals surface area contributed by atoms with E-state index >= 15 is 0 Å². The molecule has 1 aliphatic rings. The van der Waals surface area contributed by atoms with Crippen LogP contribution in [0.3, 0.4) is 0 Å². The van der Waals surface area contributed by atoms with Gasteiger partial charge in [0.2, 0.25) is 0 Å². The molecule has 2 rings (SSSR count). The van der Waals surface area contributed by atoms with Crippen molar-refractivity contribution in [2.75, 3.05) is 6.54 Å². The Morgan fingerprint density at radius 2 is 1.67 bits per heavy atom. The van der Waals surface area contributed by atoms with Crippen molar-refractivity contribution in [3.05, 3.63) is 35.4 Å². The number of nitrogens with two attached hydrogens (primary N) is 1. The average Bonchev–Trinajstić information content (AvgIpc) is 2.47. The lowest BCUT2D eigenvalue weighted by Crippen LogP contribution is -2.26. The topological polar surface area (TPSA) is 43.1 Å². The second-order valence-electron chi connectivity index (χ2n) is 5.79. The fourth-order valence-corrected chi connectivity index (χ4v) is 2.88. The van der Waals surface area contributed by atoms with E-state index in [4.69, 9.17) is 5.73 Å². The molecule has 1 saturated carbocycles. The van der Waals surface area contributed by atoms with Crippen LogP contribution in [-0.2, 0) is 17.4 Å². The maximum absolute atomic E-state index is 12.5. The van der Waals surface area contributed by atoms with Gasteiger partial charge in [-0.25, -0.2) is 0 Å². The van der Waals surface area contributed by atoms with E-state index in [0.29, 0.717) is 18.0 Å². The first kappa shape index (κ1) is 16.0. The molecule has 0 amide bonds. The fraction of sp³-hybridized carbons (Fsp3) is 0.562. The fourth-order valence-electron chi connectivity index (χ4n) is 2.88. The van der Waals surface area contributed by atoms with Crippen LogP contribution in [0, 0.1) is 11.8 Å². The summed E-state index contributed by atoms with van der Waals surface area (Å²) in [5.74, 6) is 0.681. The molecule has 1 aliphatic carbocycles. The van der Waals surface area contributed by atoms with E-state index < -0.39 is 11.7 Å². The van der Waals surface area contributed by atoms with Crippen molar-refractivity contribution in [1.82, 2.24) is 0 Å². The molecule has 116 valence electrons. The normalized spacial score (nSPS) is 23.0. The number of carbonyl (C=O) groups is 1. The molecule has 0 aromatic heterocycles. The summed E-state index contributed by atoms with van der Waals surface area (Å²) in [7, 11) is 0. The maximum Gasteiger partial charge on any atom is 0.416 e. The molecule has 2 nitrogen and oxygen atoms in total. The van der Waals surface area contributed by atoms with Gasteiger partial charge < -0.3 is 5.73 Å². The molecular formula is C16H20F3NO. The van der Waals surface area contributed by atoms with E-state index in [0.717, 1.165) is 37.8 Å². The van der Waals surface area contributed by atoms with Crippen LogP contribution in [0.25, 0.3) is 0 Å². The van der Waals surface area contributed by atoms with Crippen molar-refractivity contribution >= 4 is 5.78 Å². The van der Waals surface area contributed by atoms with Gasteiger partial charge in [-0.15, -0.1) is 0 Å². The summed E-state index contributed by atoms with van der Waals surface area (Å²) >= 11 is 0. The molecule has 0 bridgehead atoms. The van der Waals surface area contributed by atoms with Crippen LogP contribution in [0.5, 0.6) is 0 Å². The van der Waals surface area contributed by atoms with Crippen molar-refractivity contribution in [3.8, 4) is 0 Å². The minimum absolute atomic E-state index is 0.0371. The first-order chi connectivity index (χ1) is 9.90. The SMILES string of the molecule is NCC1CCC(C(=O)Cc2ccc(C(F)(F)F)cc2)CC1. The third kappa shape index (κ3) is 4.30. The van der Waals surface area contributed by atoms with Gasteiger partial charge >= 0.3 is 6.18 Å². The van der Waals surface area contributed by atoms with Gasteiger partial charge in [0.25, 0.3) is 0 Å². The van der Waals surface area contributed by atoms with E-state index in [-0.39, 0.29) is 18.1 Å². The van der Waals surface area contributed by atoms with Gasteiger partial charge in [-0.1, -0.05) is 12.1 Å². The van der Waals surface area contributed by atoms with Crippen LogP contribution >= 0.6 is 0 Å². The average molecular weight is 299 g/mol. The monoisotopic (exact) mass is 299 g/mol. The lowest BCUT2D eigenvalue weighted by molar-refractivity contribution is -0.137. The van der Waals surface area contributed by atoms with Gasteiger partial charge in [0.15, 0.2) is 0 Å². The Hall–Kier alpha value is -1.36. The maximum atomic E-state index is 12.5. The Morgan fingerprint density at radius 1 is 1.10 bits per heavy atom. The molecule has 1 aromatic carbocycles. The predicted molar refractivity (Wildman–Crippen MR) is 74.7 cm³/mol. The largest absolute Gasteiger partial charge is 0.416 e. The van der Waals surface area contributed by atoms with Crippen LogP contribution in [0.15, 0.2) is 24.3 Å². The smallest absolute Gasteiger partial charge is 0.330 e. The number of rotatable bonds is 4. The molecule has 0 aliphatic heterocycles. The highest BCUT2D eigenvalue weighted by Crippen LogP contribution is 2.31. The number of hydrogen-bond acceptors (Lipinski definition) is 2. The van der Waals surface area contributed by atoms with Crippen LogP contribution in [-0.4, -0.2) is 12.3 Å². The van der Waals surface area contributed by atoms with Crippen molar-refractivity contribution in [2.45, 2.75) is 38.3 Å². The summed E-state index contributed by atoms with van der Waals surface area (Å²) in [6, 6.07) is 4.86. The van der Waals surface area contributed by atoms with Gasteiger partial charge in [0.1, 0.15) is 5.78 Å². The van der Waals surface area contributed by atoms with Gasteiger partial charge in [0.05, 0.1) is 5.56 Å². The highest BCUT2D eigenvalue weighted by Gasteiger charge is 2.30. The Balaban J connectivity index is 1.91. The minimum atomic E-state index is -4.33. The van der Waals surface area contributed by atoms with Gasteiger partial charge in [-0.05, 0) is 55.8 Å². The molecule has 5 heteroatoms. The standard InChI is InChI=1S/C16H20F3NO/c17-16(18,19)14-7-3-11(4-8-14)9-15(21)13-5-1-12(10-20)2-6-13/h3-4,7-8,12-13H,1-2,5-6,9-10,20H2. The number of carbonyl (C=O) groups excluding carboxylic acids is 1. The summed E-state index contributed by atoms with van der Waals surface area (Å²) in [5.41, 5.74) is 5.59. The Morgan fingerprint density at radius 3 is 2.14 bits per heavy atom. The summed E-state index contributed by atoms with van der Waals surface area (Å²) < 4.78 is 37.4. The number of benzene rings is 1. The summed E-state index contributed by atoms with van der Waals surface area (Å²) in [6.07, 6.45) is -0.470. The second-order valence-corrected chi connectivity index (χ2v) is 5.79. The zero-order chi connectivity index (χ0) is 15.5. The van der Waals surface area contributed by atoms with Crippen LogP contribution in [0.4, 0.5) is 13.2 Å². The van der Waals surface area contributed by atoms with Crippen LogP contribution in [0.2, 0.25) is 0 Å². The summed E-state index contributed by atoms with van der Waals surface area (Å²) in [5, 5.41) is 0. The second kappa shape index (κ2) is 6.60. The zero-order valence-corrected chi connectivity index (χ0v) is 11.8. The van der Waals surface area contributed by atoms with E-state index in [1.807, 2.05) is 0 Å². The molecule has 21 heavy (non-hydrogen) atoms.